The lowest BCUT2D eigenvalue weighted by atomic mass is 9.83. The molecule has 0 radical (unpaired) electrons. The van der Waals surface area contributed by atoms with Crippen molar-refractivity contribution >= 4 is 16.7 Å². The van der Waals surface area contributed by atoms with E-state index in [2.05, 4.69) is 4.98 Å². The minimum absolute atomic E-state index is 0.450. The lowest BCUT2D eigenvalue weighted by molar-refractivity contribution is -0.509. The summed E-state index contributed by atoms with van der Waals surface area (Å²) in [6.45, 7) is 1.28. The van der Waals surface area contributed by atoms with Crippen molar-refractivity contribution in [3.05, 3.63) is 82.0 Å². The first-order valence-electron chi connectivity index (χ1n) is 7.34. The van der Waals surface area contributed by atoms with Gasteiger partial charge in [-0.3, -0.25) is 14.9 Å². The largest absolute Gasteiger partial charge is 0.361 e. The second-order valence-electron chi connectivity index (χ2n) is 5.52. The molecular formula is C18H16N2O3. The number of aromatic nitrogens is 1. The number of hydrogen-bond acceptors (Lipinski definition) is 3. The zero-order valence-electron chi connectivity index (χ0n) is 12.6. The molecule has 3 rings (SSSR count). The second kappa shape index (κ2) is 6.04. The van der Waals surface area contributed by atoms with Crippen LogP contribution in [0.5, 0.6) is 0 Å². The van der Waals surface area contributed by atoms with Gasteiger partial charge in [0, 0.05) is 28.9 Å². The molecule has 3 aromatic rings. The minimum Gasteiger partial charge on any atom is -0.361 e. The molecule has 0 fully saturated rings. The number of hydrogen-bond donors (Lipinski definition) is 1. The van der Waals surface area contributed by atoms with E-state index >= 15 is 0 Å². The Hall–Kier alpha value is -2.95. The number of H-pyrrole nitrogens is 1. The number of nitrogens with zero attached hydrogens (tertiary/aromatic N) is 1. The van der Waals surface area contributed by atoms with Crippen molar-refractivity contribution in [1.82, 2.24) is 4.98 Å². The molecule has 0 amide bonds. The van der Waals surface area contributed by atoms with E-state index < -0.39 is 22.7 Å². The molecule has 1 N–H and O–H groups in total. The molecule has 0 aliphatic rings. The molecule has 2 aromatic carbocycles. The summed E-state index contributed by atoms with van der Waals surface area (Å²) < 4.78 is 0. The van der Waals surface area contributed by atoms with Gasteiger partial charge in [0.1, 0.15) is 0 Å². The molecule has 1 aromatic heterocycles. The van der Waals surface area contributed by atoms with Crippen LogP contribution in [0.25, 0.3) is 10.9 Å². The van der Waals surface area contributed by atoms with Crippen LogP contribution in [0.4, 0.5) is 0 Å². The maximum absolute atomic E-state index is 12.0. The number of para-hydroxylation sites is 1. The summed E-state index contributed by atoms with van der Waals surface area (Å²) in [4.78, 5) is 26.2. The molecule has 116 valence electrons. The standard InChI is InChI=1S/C18H16N2O3/c1-12(21)18(20(22)23)17(13-7-3-2-4-8-13)15-11-19-16-10-6-5-9-14(15)16/h2-11,17-19H,1H3/t17-,18-/m1/s1. The third-order valence-electron chi connectivity index (χ3n) is 4.07. The number of benzene rings is 2. The highest BCUT2D eigenvalue weighted by Gasteiger charge is 2.39. The van der Waals surface area contributed by atoms with Gasteiger partial charge in [-0.2, -0.15) is 0 Å². The molecule has 0 spiro atoms. The quantitative estimate of drug-likeness (QED) is 0.578. The maximum atomic E-state index is 12.0. The number of fused-ring (bicyclic) bond motifs is 1. The summed E-state index contributed by atoms with van der Waals surface area (Å²) in [5.41, 5.74) is 2.42. The van der Waals surface area contributed by atoms with Crippen molar-refractivity contribution in [2.24, 2.45) is 0 Å². The van der Waals surface area contributed by atoms with Crippen LogP contribution in [-0.2, 0) is 4.79 Å². The van der Waals surface area contributed by atoms with Crippen LogP contribution < -0.4 is 0 Å². The van der Waals surface area contributed by atoms with Gasteiger partial charge < -0.3 is 4.98 Å². The van der Waals surface area contributed by atoms with Crippen LogP contribution in [0.2, 0.25) is 0 Å². The van der Waals surface area contributed by atoms with Gasteiger partial charge >= 0.3 is 0 Å². The Kier molecular flexibility index (Phi) is 3.93. The topological polar surface area (TPSA) is 76.0 Å². The lowest BCUT2D eigenvalue weighted by Gasteiger charge is -2.19. The molecule has 5 heteroatoms. The van der Waals surface area contributed by atoms with E-state index in [0.717, 1.165) is 22.0 Å². The Morgan fingerprint density at radius 1 is 1.09 bits per heavy atom. The average molecular weight is 308 g/mol. The predicted octanol–water partition coefficient (Wildman–Crippen LogP) is 3.53. The van der Waals surface area contributed by atoms with Crippen molar-refractivity contribution in [3.63, 3.8) is 0 Å². The van der Waals surface area contributed by atoms with Crippen LogP contribution in [0, 0.1) is 10.1 Å². The molecule has 1 heterocycles. The van der Waals surface area contributed by atoms with Crippen molar-refractivity contribution in [2.45, 2.75) is 18.9 Å². The zero-order valence-corrected chi connectivity index (χ0v) is 12.6. The van der Waals surface area contributed by atoms with Crippen molar-refractivity contribution < 1.29 is 9.72 Å². The molecule has 2 atom stereocenters. The highest BCUT2D eigenvalue weighted by molar-refractivity contribution is 5.87. The summed E-state index contributed by atoms with van der Waals surface area (Å²) in [7, 11) is 0. The molecule has 0 unspecified atom stereocenters. The number of ketones is 1. The van der Waals surface area contributed by atoms with Gasteiger partial charge in [0.2, 0.25) is 5.78 Å². The first-order chi connectivity index (χ1) is 11.1. The normalized spacial score (nSPS) is 13.6. The fourth-order valence-electron chi connectivity index (χ4n) is 3.05. The van der Waals surface area contributed by atoms with Crippen LogP contribution in [0.3, 0.4) is 0 Å². The predicted molar refractivity (Wildman–Crippen MR) is 88.0 cm³/mol. The first kappa shape index (κ1) is 15.0. The van der Waals surface area contributed by atoms with Crippen LogP contribution in [0.15, 0.2) is 60.8 Å². The molecule has 0 aliphatic heterocycles. The van der Waals surface area contributed by atoms with Crippen LogP contribution in [-0.4, -0.2) is 21.7 Å². The number of carbonyl (C=O) groups is 1. The van der Waals surface area contributed by atoms with E-state index in [4.69, 9.17) is 0 Å². The first-order valence-corrected chi connectivity index (χ1v) is 7.34. The highest BCUT2D eigenvalue weighted by Crippen LogP contribution is 2.34. The Bertz CT molecular complexity index is 841. The number of aromatic amines is 1. The fourth-order valence-corrected chi connectivity index (χ4v) is 3.05. The molecule has 0 aliphatic carbocycles. The zero-order chi connectivity index (χ0) is 16.4. The summed E-state index contributed by atoms with van der Waals surface area (Å²) in [6.07, 6.45) is 1.77. The monoisotopic (exact) mass is 308 g/mol. The van der Waals surface area contributed by atoms with Crippen molar-refractivity contribution in [3.8, 4) is 0 Å². The van der Waals surface area contributed by atoms with Crippen LogP contribution >= 0.6 is 0 Å². The summed E-state index contributed by atoms with van der Waals surface area (Å²) >= 11 is 0. The summed E-state index contributed by atoms with van der Waals surface area (Å²) in [6, 6.07) is 15.5. The Labute approximate surface area is 133 Å². The van der Waals surface area contributed by atoms with E-state index in [0.29, 0.717) is 0 Å². The average Bonchev–Trinajstić information content (AvgIpc) is 2.96. The van der Waals surface area contributed by atoms with Gasteiger partial charge in [-0.25, -0.2) is 0 Å². The van der Waals surface area contributed by atoms with Gasteiger partial charge in [-0.1, -0.05) is 48.5 Å². The number of nitrogens with one attached hydrogen (secondary N) is 1. The van der Waals surface area contributed by atoms with E-state index in [-0.39, 0.29) is 0 Å². The van der Waals surface area contributed by atoms with Crippen molar-refractivity contribution in [2.75, 3.05) is 0 Å². The van der Waals surface area contributed by atoms with Gasteiger partial charge in [-0.15, -0.1) is 0 Å². The summed E-state index contributed by atoms with van der Waals surface area (Å²) in [5.74, 6) is -1.08. The van der Waals surface area contributed by atoms with Gasteiger partial charge in [-0.05, 0) is 17.2 Å². The third kappa shape index (κ3) is 2.73. The van der Waals surface area contributed by atoms with Crippen LogP contribution in [0.1, 0.15) is 24.0 Å². The second-order valence-corrected chi connectivity index (χ2v) is 5.52. The van der Waals surface area contributed by atoms with Gasteiger partial charge in [0.15, 0.2) is 0 Å². The smallest absolute Gasteiger partial charge is 0.280 e. The molecule has 0 bridgehead atoms. The fraction of sp³-hybridized carbons (Fsp3) is 0.167. The summed E-state index contributed by atoms with van der Waals surface area (Å²) in [5, 5.41) is 12.5. The van der Waals surface area contributed by atoms with Crippen molar-refractivity contribution in [1.29, 1.82) is 0 Å². The Balaban J connectivity index is 2.23. The Morgan fingerprint density at radius 2 is 1.74 bits per heavy atom. The molecular weight excluding hydrogens is 292 g/mol. The Morgan fingerprint density at radius 3 is 2.39 bits per heavy atom. The van der Waals surface area contributed by atoms with Gasteiger partial charge in [0.05, 0.1) is 5.92 Å². The van der Waals surface area contributed by atoms with E-state index in [1.807, 2.05) is 54.6 Å². The number of Topliss-reactive ketones (excluding diaryl/α,β-unsaturated/α-hetero) is 1. The molecule has 23 heavy (non-hydrogen) atoms. The molecule has 0 saturated carbocycles. The minimum atomic E-state index is -1.31. The highest BCUT2D eigenvalue weighted by atomic mass is 16.6. The SMILES string of the molecule is CC(=O)[C@H]([C@H](c1ccccc1)c1c[nH]c2ccccc12)[N+](=O)[O-]. The lowest BCUT2D eigenvalue weighted by Crippen LogP contribution is -2.34. The number of carbonyl (C=O) groups excluding carboxylic acids is 1. The number of rotatable bonds is 5. The maximum Gasteiger partial charge on any atom is 0.280 e. The van der Waals surface area contributed by atoms with Gasteiger partial charge in [0.25, 0.3) is 6.04 Å². The molecule has 0 saturated heterocycles. The molecule has 5 nitrogen and oxygen atoms in total. The van der Waals surface area contributed by atoms with E-state index in [9.17, 15) is 14.9 Å². The van der Waals surface area contributed by atoms with E-state index in [1.165, 1.54) is 6.92 Å². The van der Waals surface area contributed by atoms with E-state index in [1.54, 1.807) is 6.20 Å². The third-order valence-corrected chi connectivity index (χ3v) is 4.07. The number of nitro groups is 1.